The number of aldehydes is 1. The fraction of sp³-hybridized carbons (Fsp3) is 0.233. The second kappa shape index (κ2) is 21.8. The SMILES string of the molecule is C=CC(=C)Cl.C=CNC.CC.CNc1ccc(Cl)c2c(N)cccc12.O=Cc1ccc(N2CCOCS2)cc1. The molecule has 0 bridgehead atoms. The maximum atomic E-state index is 10.5. The number of halogens is 2. The molecule has 3 aromatic rings. The van der Waals surface area contributed by atoms with E-state index in [2.05, 4.69) is 34.7 Å². The molecule has 3 aromatic carbocycles. The largest absolute Gasteiger partial charge is 0.398 e. The Balaban J connectivity index is 0.000000544. The number of carbonyl (C=O) groups excluding carboxylic acids is 1. The van der Waals surface area contributed by atoms with Gasteiger partial charge in [-0.05, 0) is 60.6 Å². The molecule has 212 valence electrons. The first-order valence-corrected chi connectivity index (χ1v) is 14.0. The molecule has 1 aliphatic rings. The van der Waals surface area contributed by atoms with Crippen LogP contribution >= 0.6 is 35.1 Å². The number of nitrogen functional groups attached to an aromatic ring is 1. The Morgan fingerprint density at radius 1 is 1.10 bits per heavy atom. The molecule has 0 unspecified atom stereocenters. The number of nitrogens with zero attached hydrogens (tertiary/aromatic N) is 1. The van der Waals surface area contributed by atoms with Crippen LogP contribution in [0.3, 0.4) is 0 Å². The van der Waals surface area contributed by atoms with Gasteiger partial charge in [0.25, 0.3) is 0 Å². The number of rotatable bonds is 5. The molecule has 9 heteroatoms. The summed E-state index contributed by atoms with van der Waals surface area (Å²) in [6.07, 6.45) is 3.97. The third-order valence-electron chi connectivity index (χ3n) is 4.76. The second-order valence-corrected chi connectivity index (χ2v) is 9.05. The number of anilines is 3. The van der Waals surface area contributed by atoms with Crippen molar-refractivity contribution in [1.82, 2.24) is 5.32 Å². The number of hydrogen-bond donors (Lipinski definition) is 3. The molecular weight excluding hydrogens is 551 g/mol. The van der Waals surface area contributed by atoms with E-state index in [0.29, 0.717) is 27.2 Å². The lowest BCUT2D eigenvalue weighted by molar-refractivity contribution is 0.112. The van der Waals surface area contributed by atoms with Crippen molar-refractivity contribution >= 4 is 69.3 Å². The lowest BCUT2D eigenvalue weighted by atomic mass is 10.1. The Morgan fingerprint density at radius 3 is 2.18 bits per heavy atom. The van der Waals surface area contributed by atoms with E-state index in [1.165, 1.54) is 6.08 Å². The summed E-state index contributed by atoms with van der Waals surface area (Å²) in [5, 5.41) is 8.96. The van der Waals surface area contributed by atoms with Gasteiger partial charge in [-0.25, -0.2) is 0 Å². The molecule has 0 amide bonds. The van der Waals surface area contributed by atoms with Gasteiger partial charge in [0, 0.05) is 52.5 Å². The number of benzene rings is 3. The van der Waals surface area contributed by atoms with Gasteiger partial charge in [-0.15, -0.1) is 0 Å². The van der Waals surface area contributed by atoms with E-state index in [1.807, 2.05) is 82.5 Å². The lowest BCUT2D eigenvalue weighted by Gasteiger charge is -2.27. The Morgan fingerprint density at radius 2 is 1.72 bits per heavy atom. The van der Waals surface area contributed by atoms with Crippen molar-refractivity contribution in [3.63, 3.8) is 0 Å². The first-order valence-electron chi connectivity index (χ1n) is 12.3. The fourth-order valence-corrected chi connectivity index (χ4v) is 3.97. The average Bonchev–Trinajstić information content (AvgIpc) is 2.99. The van der Waals surface area contributed by atoms with Crippen molar-refractivity contribution in [3.05, 3.63) is 102 Å². The molecule has 0 aromatic heterocycles. The van der Waals surface area contributed by atoms with Crippen LogP contribution in [0.5, 0.6) is 0 Å². The number of allylic oxidation sites excluding steroid dienone is 2. The van der Waals surface area contributed by atoms with Gasteiger partial charge in [0.15, 0.2) is 0 Å². The van der Waals surface area contributed by atoms with Crippen LogP contribution in [0.2, 0.25) is 5.02 Å². The topological polar surface area (TPSA) is 79.6 Å². The molecule has 0 atom stereocenters. The van der Waals surface area contributed by atoms with E-state index >= 15 is 0 Å². The molecule has 1 fully saturated rings. The number of nitrogens with two attached hydrogens (primary N) is 1. The Kier molecular flexibility index (Phi) is 20.1. The molecule has 4 rings (SSSR count). The molecule has 4 N–H and O–H groups in total. The highest BCUT2D eigenvalue weighted by Crippen LogP contribution is 2.33. The average molecular weight is 592 g/mol. The maximum Gasteiger partial charge on any atom is 0.150 e. The Labute approximate surface area is 248 Å². The highest BCUT2D eigenvalue weighted by atomic mass is 35.5. The first kappa shape index (κ1) is 35.9. The molecule has 0 saturated carbocycles. The third kappa shape index (κ3) is 13.5. The summed E-state index contributed by atoms with van der Waals surface area (Å²) in [6.45, 7) is 15.7. The monoisotopic (exact) mass is 590 g/mol. The highest BCUT2D eigenvalue weighted by molar-refractivity contribution is 8.00. The number of carbonyl (C=O) groups is 1. The Hall–Kier alpha value is -3.10. The van der Waals surface area contributed by atoms with Crippen LogP contribution in [0.25, 0.3) is 10.8 Å². The minimum absolute atomic E-state index is 0.491. The Bertz CT molecular complexity index is 1140. The minimum atomic E-state index is 0.491. The summed E-state index contributed by atoms with van der Waals surface area (Å²) >= 11 is 12.9. The van der Waals surface area contributed by atoms with Crippen molar-refractivity contribution < 1.29 is 9.53 Å². The predicted molar refractivity (Wildman–Crippen MR) is 176 cm³/mol. The summed E-state index contributed by atoms with van der Waals surface area (Å²) in [5.74, 6) is 0.704. The molecule has 1 saturated heterocycles. The minimum Gasteiger partial charge on any atom is -0.398 e. The van der Waals surface area contributed by atoms with Crippen LogP contribution < -0.4 is 20.7 Å². The number of hydrogen-bond acceptors (Lipinski definition) is 7. The zero-order valence-corrected chi connectivity index (χ0v) is 25.5. The number of fused-ring (bicyclic) bond motifs is 1. The van der Waals surface area contributed by atoms with E-state index in [4.69, 9.17) is 33.7 Å². The van der Waals surface area contributed by atoms with Crippen LogP contribution in [0, 0.1) is 0 Å². The van der Waals surface area contributed by atoms with E-state index in [-0.39, 0.29) is 0 Å². The van der Waals surface area contributed by atoms with Gasteiger partial charge in [-0.3, -0.25) is 4.79 Å². The van der Waals surface area contributed by atoms with Gasteiger partial charge in [0.1, 0.15) is 12.2 Å². The number of ether oxygens (including phenoxy) is 1. The molecule has 0 aliphatic carbocycles. The number of nitrogens with one attached hydrogen (secondary N) is 2. The van der Waals surface area contributed by atoms with Crippen molar-refractivity contribution in [1.29, 1.82) is 0 Å². The standard InChI is InChI=1S/C11H11ClN2.C10H11NO2S.C4H5Cl.C3H7N.C2H6/c1-14-10-6-5-8(12)11-7(10)3-2-4-9(11)13;12-7-9-1-3-10(4-2-9)11-5-6-13-8-14-11;1-3-4(2)5;1-3-4-2;1-2/h2-6,14H,13H2,1H3;1-4,7H,5-6,8H2;3H,1-2H2;3-4H,1H2,2H3;1-2H3. The summed E-state index contributed by atoms with van der Waals surface area (Å²) in [5.41, 5.74) is 9.46. The summed E-state index contributed by atoms with van der Waals surface area (Å²) in [6, 6.07) is 17.2. The van der Waals surface area contributed by atoms with Crippen LogP contribution in [-0.4, -0.2) is 39.5 Å². The first-order chi connectivity index (χ1) is 18.8. The van der Waals surface area contributed by atoms with Crippen LogP contribution in [0.4, 0.5) is 17.1 Å². The van der Waals surface area contributed by atoms with Gasteiger partial charge >= 0.3 is 0 Å². The van der Waals surface area contributed by atoms with E-state index in [9.17, 15) is 4.79 Å². The van der Waals surface area contributed by atoms with Crippen molar-refractivity contribution in [2.24, 2.45) is 0 Å². The van der Waals surface area contributed by atoms with E-state index < -0.39 is 0 Å². The molecular formula is C30H40Cl2N4O2S. The van der Waals surface area contributed by atoms with Crippen molar-refractivity contribution in [2.45, 2.75) is 13.8 Å². The highest BCUT2D eigenvalue weighted by Gasteiger charge is 2.11. The van der Waals surface area contributed by atoms with Crippen LogP contribution in [0.1, 0.15) is 24.2 Å². The zero-order valence-electron chi connectivity index (χ0n) is 23.2. The molecule has 6 nitrogen and oxygen atoms in total. The molecule has 1 aliphatic heterocycles. The third-order valence-corrected chi connectivity index (χ3v) is 6.21. The predicted octanol–water partition coefficient (Wildman–Crippen LogP) is 8.36. The van der Waals surface area contributed by atoms with Gasteiger partial charge < -0.3 is 25.4 Å². The van der Waals surface area contributed by atoms with Crippen LogP contribution in [-0.2, 0) is 4.74 Å². The van der Waals surface area contributed by atoms with Crippen molar-refractivity contribution in [3.8, 4) is 0 Å². The summed E-state index contributed by atoms with van der Waals surface area (Å²) < 4.78 is 7.41. The fourth-order valence-electron chi connectivity index (χ4n) is 2.90. The van der Waals surface area contributed by atoms with Crippen molar-refractivity contribution in [2.75, 3.05) is 48.5 Å². The van der Waals surface area contributed by atoms with Crippen LogP contribution in [0.15, 0.2) is 91.6 Å². The molecule has 1 heterocycles. The van der Waals surface area contributed by atoms with E-state index in [1.54, 1.807) is 18.1 Å². The van der Waals surface area contributed by atoms with Gasteiger partial charge in [0.2, 0.25) is 0 Å². The van der Waals surface area contributed by atoms with E-state index in [0.717, 1.165) is 41.6 Å². The normalized spacial score (nSPS) is 11.3. The van der Waals surface area contributed by atoms with Gasteiger partial charge in [0.05, 0.1) is 18.2 Å². The maximum absolute atomic E-state index is 10.5. The zero-order chi connectivity index (χ0) is 29.6. The smallest absolute Gasteiger partial charge is 0.150 e. The summed E-state index contributed by atoms with van der Waals surface area (Å²) in [4.78, 5) is 10.5. The second-order valence-electron chi connectivity index (χ2n) is 7.23. The summed E-state index contributed by atoms with van der Waals surface area (Å²) in [7, 11) is 3.69. The van der Waals surface area contributed by atoms with Gasteiger partial charge in [-0.1, -0.05) is 75.0 Å². The molecule has 0 radical (unpaired) electrons. The quantitative estimate of drug-likeness (QED) is 0.119. The van der Waals surface area contributed by atoms with Gasteiger partial charge in [-0.2, -0.15) is 0 Å². The molecule has 0 spiro atoms. The lowest BCUT2D eigenvalue weighted by Crippen LogP contribution is -2.26. The molecule has 39 heavy (non-hydrogen) atoms.